The molecule has 2 fully saturated rings. The van der Waals surface area contributed by atoms with Gasteiger partial charge in [-0.05, 0) is 37.8 Å². The van der Waals surface area contributed by atoms with E-state index in [0.29, 0.717) is 50.6 Å². The van der Waals surface area contributed by atoms with Crippen LogP contribution in [0.1, 0.15) is 31.7 Å². The maximum Gasteiger partial charge on any atom is 0.237 e. The molecule has 0 aromatic heterocycles. The molecule has 1 aromatic carbocycles. The van der Waals surface area contributed by atoms with E-state index in [1.165, 1.54) is 6.07 Å². The number of carbonyl (C=O) groups excluding carboxylic acids is 2. The van der Waals surface area contributed by atoms with Gasteiger partial charge in [-0.2, -0.15) is 0 Å². The van der Waals surface area contributed by atoms with Crippen LogP contribution in [-0.2, 0) is 16.0 Å². The number of rotatable bonds is 6. The molecule has 2 amide bonds. The minimum absolute atomic E-state index is 0.0537. The minimum Gasteiger partial charge on any atom is -0.352 e. The standard InChI is InChI=1S/C19H26FN3O2/c1-14(19(25)21-16-7-8-16)22-10-12-23(13-11-22)18(24)9-6-15-4-2-3-5-17(15)20/h2-5,14,16H,6-13H2,1H3,(H,21,25). The van der Waals surface area contributed by atoms with Crippen molar-refractivity contribution in [3.63, 3.8) is 0 Å². The zero-order valence-electron chi connectivity index (χ0n) is 14.7. The normalized spacial score (nSPS) is 19.5. The summed E-state index contributed by atoms with van der Waals surface area (Å²) < 4.78 is 13.6. The van der Waals surface area contributed by atoms with Crippen molar-refractivity contribution in [3.05, 3.63) is 35.6 Å². The predicted molar refractivity (Wildman–Crippen MR) is 93.5 cm³/mol. The Morgan fingerprint density at radius 2 is 1.88 bits per heavy atom. The van der Waals surface area contributed by atoms with Gasteiger partial charge in [0.15, 0.2) is 0 Å². The summed E-state index contributed by atoms with van der Waals surface area (Å²) in [5.41, 5.74) is 0.583. The first-order chi connectivity index (χ1) is 12.0. The second kappa shape index (κ2) is 7.95. The monoisotopic (exact) mass is 347 g/mol. The lowest BCUT2D eigenvalue weighted by Crippen LogP contribution is -2.55. The Morgan fingerprint density at radius 1 is 1.20 bits per heavy atom. The van der Waals surface area contributed by atoms with Gasteiger partial charge in [-0.15, -0.1) is 0 Å². The summed E-state index contributed by atoms with van der Waals surface area (Å²) in [5, 5.41) is 3.03. The van der Waals surface area contributed by atoms with E-state index in [9.17, 15) is 14.0 Å². The molecule has 1 aliphatic carbocycles. The molecule has 5 nitrogen and oxygen atoms in total. The highest BCUT2D eigenvalue weighted by Gasteiger charge is 2.30. The van der Waals surface area contributed by atoms with Gasteiger partial charge in [0.2, 0.25) is 11.8 Å². The molecule has 1 heterocycles. The summed E-state index contributed by atoms with van der Waals surface area (Å²) in [6, 6.07) is 6.80. The second-order valence-electron chi connectivity index (χ2n) is 6.97. The predicted octanol–water partition coefficient (Wildman–Crippen LogP) is 1.57. The molecule has 0 spiro atoms. The van der Waals surface area contributed by atoms with Gasteiger partial charge in [-0.3, -0.25) is 14.5 Å². The Kier molecular flexibility index (Phi) is 5.68. The van der Waals surface area contributed by atoms with Crippen LogP contribution in [0.3, 0.4) is 0 Å². The van der Waals surface area contributed by atoms with Crippen LogP contribution < -0.4 is 5.32 Å². The summed E-state index contributed by atoms with van der Waals surface area (Å²) in [6.07, 6.45) is 2.91. The number of hydrogen-bond donors (Lipinski definition) is 1. The topological polar surface area (TPSA) is 52.7 Å². The molecular weight excluding hydrogens is 321 g/mol. The maximum absolute atomic E-state index is 13.6. The maximum atomic E-state index is 13.6. The van der Waals surface area contributed by atoms with Crippen LogP contribution in [0.15, 0.2) is 24.3 Å². The quantitative estimate of drug-likeness (QED) is 0.850. The van der Waals surface area contributed by atoms with Crippen molar-refractivity contribution in [2.24, 2.45) is 0 Å². The molecule has 6 heteroatoms. The van der Waals surface area contributed by atoms with E-state index in [-0.39, 0.29) is 23.7 Å². The number of hydrogen-bond acceptors (Lipinski definition) is 3. The van der Waals surface area contributed by atoms with Gasteiger partial charge in [-0.25, -0.2) is 4.39 Å². The Balaban J connectivity index is 1.42. The number of aryl methyl sites for hydroxylation is 1. The second-order valence-corrected chi connectivity index (χ2v) is 6.97. The lowest BCUT2D eigenvalue weighted by molar-refractivity contribution is -0.134. The van der Waals surface area contributed by atoms with Crippen molar-refractivity contribution < 1.29 is 14.0 Å². The van der Waals surface area contributed by atoms with Crippen LogP contribution >= 0.6 is 0 Å². The number of amides is 2. The van der Waals surface area contributed by atoms with E-state index in [0.717, 1.165) is 12.8 Å². The molecule has 1 N–H and O–H groups in total. The van der Waals surface area contributed by atoms with Crippen molar-refractivity contribution in [2.75, 3.05) is 26.2 Å². The van der Waals surface area contributed by atoms with Gasteiger partial charge in [0.05, 0.1) is 6.04 Å². The third kappa shape index (κ3) is 4.78. The summed E-state index contributed by atoms with van der Waals surface area (Å²) in [6.45, 7) is 4.57. The Bertz CT molecular complexity index is 625. The number of piperazine rings is 1. The van der Waals surface area contributed by atoms with E-state index < -0.39 is 0 Å². The van der Waals surface area contributed by atoms with Crippen molar-refractivity contribution in [1.82, 2.24) is 15.1 Å². The van der Waals surface area contributed by atoms with Crippen LogP contribution in [0.2, 0.25) is 0 Å². The van der Waals surface area contributed by atoms with Gasteiger partial charge >= 0.3 is 0 Å². The molecule has 3 rings (SSSR count). The molecule has 2 aliphatic rings. The lowest BCUT2D eigenvalue weighted by atomic mass is 10.1. The summed E-state index contributed by atoms with van der Waals surface area (Å²) in [4.78, 5) is 28.4. The molecule has 1 saturated carbocycles. The van der Waals surface area contributed by atoms with E-state index in [2.05, 4.69) is 10.2 Å². The Morgan fingerprint density at radius 3 is 2.52 bits per heavy atom. The fourth-order valence-corrected chi connectivity index (χ4v) is 3.17. The van der Waals surface area contributed by atoms with Gasteiger partial charge in [0, 0.05) is 38.6 Å². The van der Waals surface area contributed by atoms with Crippen molar-refractivity contribution >= 4 is 11.8 Å². The fraction of sp³-hybridized carbons (Fsp3) is 0.579. The number of halogens is 1. The summed E-state index contributed by atoms with van der Waals surface area (Å²) in [5.74, 6) is -0.115. The number of carbonyl (C=O) groups is 2. The third-order valence-electron chi connectivity index (χ3n) is 5.08. The van der Waals surface area contributed by atoms with E-state index in [4.69, 9.17) is 0 Å². The van der Waals surface area contributed by atoms with Crippen LogP contribution in [0.5, 0.6) is 0 Å². The van der Waals surface area contributed by atoms with E-state index in [1.54, 1.807) is 18.2 Å². The average molecular weight is 347 g/mol. The van der Waals surface area contributed by atoms with Crippen molar-refractivity contribution in [1.29, 1.82) is 0 Å². The highest BCUT2D eigenvalue weighted by molar-refractivity contribution is 5.82. The van der Waals surface area contributed by atoms with Gasteiger partial charge in [-0.1, -0.05) is 18.2 Å². The highest BCUT2D eigenvalue weighted by Crippen LogP contribution is 2.19. The average Bonchev–Trinajstić information content (AvgIpc) is 3.44. The van der Waals surface area contributed by atoms with Crippen molar-refractivity contribution in [2.45, 2.75) is 44.7 Å². The van der Waals surface area contributed by atoms with Crippen molar-refractivity contribution in [3.8, 4) is 0 Å². The van der Waals surface area contributed by atoms with Crippen LogP contribution in [0.25, 0.3) is 0 Å². The molecule has 25 heavy (non-hydrogen) atoms. The molecule has 1 aliphatic heterocycles. The molecule has 1 unspecified atom stereocenters. The Labute approximate surface area is 148 Å². The Hall–Kier alpha value is -1.95. The smallest absolute Gasteiger partial charge is 0.237 e. The van der Waals surface area contributed by atoms with Crippen LogP contribution in [-0.4, -0.2) is 59.9 Å². The lowest BCUT2D eigenvalue weighted by Gasteiger charge is -2.37. The van der Waals surface area contributed by atoms with Gasteiger partial charge in [0.1, 0.15) is 5.82 Å². The largest absolute Gasteiger partial charge is 0.352 e. The van der Waals surface area contributed by atoms with Gasteiger partial charge < -0.3 is 10.2 Å². The third-order valence-corrected chi connectivity index (χ3v) is 5.08. The first-order valence-corrected chi connectivity index (χ1v) is 9.10. The van der Waals surface area contributed by atoms with Gasteiger partial charge in [0.25, 0.3) is 0 Å². The van der Waals surface area contributed by atoms with Crippen LogP contribution in [0.4, 0.5) is 4.39 Å². The minimum atomic E-state index is -0.254. The van der Waals surface area contributed by atoms with E-state index in [1.807, 2.05) is 11.8 Å². The molecule has 1 atom stereocenters. The SMILES string of the molecule is CC(C(=O)NC1CC1)N1CCN(C(=O)CCc2ccccc2F)CC1. The molecule has 136 valence electrons. The highest BCUT2D eigenvalue weighted by atomic mass is 19.1. The summed E-state index contributed by atoms with van der Waals surface area (Å²) in [7, 11) is 0. The fourth-order valence-electron chi connectivity index (χ4n) is 3.17. The number of benzene rings is 1. The zero-order valence-corrected chi connectivity index (χ0v) is 14.7. The van der Waals surface area contributed by atoms with E-state index >= 15 is 0 Å². The first kappa shape index (κ1) is 17.9. The molecule has 1 saturated heterocycles. The molecular formula is C19H26FN3O2. The molecule has 0 radical (unpaired) electrons. The number of nitrogens with zero attached hydrogens (tertiary/aromatic N) is 2. The number of nitrogens with one attached hydrogen (secondary N) is 1. The van der Waals surface area contributed by atoms with Crippen LogP contribution in [0, 0.1) is 5.82 Å². The molecule has 0 bridgehead atoms. The zero-order chi connectivity index (χ0) is 17.8. The summed E-state index contributed by atoms with van der Waals surface area (Å²) >= 11 is 0. The molecule has 1 aromatic rings. The first-order valence-electron chi connectivity index (χ1n) is 9.10.